The van der Waals surface area contributed by atoms with E-state index in [9.17, 15) is 9.59 Å². The fraction of sp³-hybridized carbons (Fsp3) is 0.176. The fourth-order valence-corrected chi connectivity index (χ4v) is 4.97. The van der Waals surface area contributed by atoms with Crippen LogP contribution in [0.4, 0.5) is 5.69 Å². The molecule has 2 heterocycles. The number of hydrogen-bond acceptors (Lipinski definition) is 3. The van der Waals surface area contributed by atoms with Gasteiger partial charge in [0, 0.05) is 16.3 Å². The molecule has 122 valence electrons. The number of nitrogens with zero attached hydrogens (tertiary/aromatic N) is 1. The maximum atomic E-state index is 12.7. The van der Waals surface area contributed by atoms with Crippen LogP contribution in [0, 0.1) is 0 Å². The first kappa shape index (κ1) is 15.8. The minimum atomic E-state index is -0.522. The second-order valence-corrected chi connectivity index (χ2v) is 7.57. The van der Waals surface area contributed by atoms with E-state index in [-0.39, 0.29) is 17.2 Å². The number of benzene rings is 2. The van der Waals surface area contributed by atoms with Crippen LogP contribution < -0.4 is 5.32 Å². The van der Waals surface area contributed by atoms with Gasteiger partial charge in [0.25, 0.3) is 5.91 Å². The van der Waals surface area contributed by atoms with E-state index in [0.717, 1.165) is 5.56 Å². The quantitative estimate of drug-likeness (QED) is 0.851. The molecule has 0 aliphatic carbocycles. The molecule has 1 fully saturated rings. The summed E-state index contributed by atoms with van der Waals surface area (Å²) in [5.41, 5.74) is 2.15. The predicted octanol–water partition coefficient (Wildman–Crippen LogP) is 4.20. The first-order chi connectivity index (χ1) is 11.6. The minimum Gasteiger partial charge on any atom is -0.323 e. The van der Waals surface area contributed by atoms with E-state index in [1.165, 1.54) is 0 Å². The SMILES string of the molecule is O=C(Nc1ccc(Cl)cc1Cl)[C@@H]1CSC2c3ccccc3C(=O)N21. The Morgan fingerprint density at radius 3 is 2.79 bits per heavy atom. The second-order valence-electron chi connectivity index (χ2n) is 5.61. The summed E-state index contributed by atoms with van der Waals surface area (Å²) in [5.74, 6) is 0.222. The molecule has 0 saturated carbocycles. The average molecular weight is 379 g/mol. The van der Waals surface area contributed by atoms with Gasteiger partial charge in [-0.3, -0.25) is 9.59 Å². The Morgan fingerprint density at radius 2 is 2.00 bits per heavy atom. The second kappa shape index (κ2) is 5.99. The lowest BCUT2D eigenvalue weighted by Gasteiger charge is -2.22. The Kier molecular flexibility index (Phi) is 3.95. The number of hydrogen-bond donors (Lipinski definition) is 1. The van der Waals surface area contributed by atoms with Crippen LogP contribution in [0.5, 0.6) is 0 Å². The Labute approximate surface area is 153 Å². The van der Waals surface area contributed by atoms with Crippen LogP contribution in [-0.4, -0.2) is 28.5 Å². The molecule has 0 bridgehead atoms. The molecular weight excluding hydrogens is 367 g/mol. The van der Waals surface area contributed by atoms with Gasteiger partial charge >= 0.3 is 0 Å². The third kappa shape index (κ3) is 2.48. The number of amides is 2. The van der Waals surface area contributed by atoms with Crippen LogP contribution in [0.1, 0.15) is 21.3 Å². The summed E-state index contributed by atoms with van der Waals surface area (Å²) in [4.78, 5) is 27.0. The van der Waals surface area contributed by atoms with E-state index in [1.54, 1.807) is 34.9 Å². The number of thioether (sulfide) groups is 1. The highest BCUT2D eigenvalue weighted by molar-refractivity contribution is 7.99. The fourth-order valence-electron chi connectivity index (χ4n) is 3.05. The largest absolute Gasteiger partial charge is 0.323 e. The smallest absolute Gasteiger partial charge is 0.256 e. The zero-order valence-corrected chi connectivity index (χ0v) is 14.7. The van der Waals surface area contributed by atoms with Crippen molar-refractivity contribution in [3.05, 3.63) is 63.6 Å². The summed E-state index contributed by atoms with van der Waals surface area (Å²) < 4.78 is 0. The normalized spacial score (nSPS) is 21.6. The summed E-state index contributed by atoms with van der Waals surface area (Å²) in [6.07, 6.45) is 0. The van der Waals surface area contributed by atoms with Crippen LogP contribution in [0.3, 0.4) is 0 Å². The Morgan fingerprint density at radius 1 is 1.21 bits per heavy atom. The molecule has 7 heteroatoms. The maximum Gasteiger partial charge on any atom is 0.256 e. The molecule has 1 N–H and O–H groups in total. The van der Waals surface area contributed by atoms with Gasteiger partial charge in [-0.1, -0.05) is 41.4 Å². The molecule has 2 aliphatic rings. The lowest BCUT2D eigenvalue weighted by Crippen LogP contribution is -2.42. The van der Waals surface area contributed by atoms with E-state index in [0.29, 0.717) is 27.0 Å². The molecule has 4 nitrogen and oxygen atoms in total. The zero-order valence-electron chi connectivity index (χ0n) is 12.3. The number of fused-ring (bicyclic) bond motifs is 3. The highest BCUT2D eigenvalue weighted by Crippen LogP contribution is 2.48. The van der Waals surface area contributed by atoms with Gasteiger partial charge in [-0.2, -0.15) is 0 Å². The summed E-state index contributed by atoms with van der Waals surface area (Å²) in [6, 6.07) is 11.9. The average Bonchev–Trinajstić information content (AvgIpc) is 3.11. The van der Waals surface area contributed by atoms with Gasteiger partial charge in [-0.25, -0.2) is 0 Å². The molecule has 2 aromatic rings. The van der Waals surface area contributed by atoms with Gasteiger partial charge in [0.15, 0.2) is 0 Å². The van der Waals surface area contributed by atoms with Crippen molar-refractivity contribution in [2.24, 2.45) is 0 Å². The van der Waals surface area contributed by atoms with Crippen molar-refractivity contribution in [1.82, 2.24) is 4.90 Å². The molecule has 2 aromatic carbocycles. The molecule has 1 saturated heterocycles. The number of anilines is 1. The molecule has 4 rings (SSSR count). The number of nitrogens with one attached hydrogen (secondary N) is 1. The molecule has 0 spiro atoms. The molecule has 24 heavy (non-hydrogen) atoms. The van der Waals surface area contributed by atoms with Gasteiger partial charge in [0.05, 0.1) is 10.7 Å². The standard InChI is InChI=1S/C17H12Cl2N2O2S/c18-9-5-6-13(12(19)7-9)20-15(22)14-8-24-17-11-4-2-1-3-10(11)16(23)21(14)17/h1-7,14,17H,8H2,(H,20,22)/t14-,17?/m0/s1. The molecule has 1 unspecified atom stereocenters. The third-order valence-corrected chi connectivity index (χ3v) is 6.04. The number of halogens is 2. The van der Waals surface area contributed by atoms with E-state index in [4.69, 9.17) is 23.2 Å². The topological polar surface area (TPSA) is 49.4 Å². The van der Waals surface area contributed by atoms with Crippen LogP contribution in [0.25, 0.3) is 0 Å². The first-order valence-corrected chi connectivity index (χ1v) is 9.16. The molecule has 2 aliphatic heterocycles. The van der Waals surface area contributed by atoms with E-state index >= 15 is 0 Å². The summed E-state index contributed by atoms with van der Waals surface area (Å²) in [6.45, 7) is 0. The van der Waals surface area contributed by atoms with Crippen molar-refractivity contribution < 1.29 is 9.59 Å². The van der Waals surface area contributed by atoms with Crippen LogP contribution in [0.2, 0.25) is 10.0 Å². The maximum absolute atomic E-state index is 12.7. The monoisotopic (exact) mass is 378 g/mol. The van der Waals surface area contributed by atoms with Gasteiger partial charge in [0.2, 0.25) is 5.91 Å². The van der Waals surface area contributed by atoms with Crippen molar-refractivity contribution in [1.29, 1.82) is 0 Å². The van der Waals surface area contributed by atoms with Crippen LogP contribution in [0.15, 0.2) is 42.5 Å². The van der Waals surface area contributed by atoms with Gasteiger partial charge in [-0.15, -0.1) is 11.8 Å². The zero-order chi connectivity index (χ0) is 16.8. The van der Waals surface area contributed by atoms with Crippen molar-refractivity contribution >= 4 is 52.5 Å². The van der Waals surface area contributed by atoms with E-state index < -0.39 is 6.04 Å². The Hall–Kier alpha value is -1.69. The van der Waals surface area contributed by atoms with Crippen molar-refractivity contribution in [2.75, 3.05) is 11.1 Å². The lowest BCUT2D eigenvalue weighted by molar-refractivity contribution is -0.119. The Bertz CT molecular complexity index is 858. The van der Waals surface area contributed by atoms with Crippen molar-refractivity contribution in [2.45, 2.75) is 11.4 Å². The van der Waals surface area contributed by atoms with Crippen LogP contribution in [-0.2, 0) is 4.79 Å². The molecule has 2 amide bonds. The molecular formula is C17H12Cl2N2O2S. The number of carbonyl (C=O) groups is 2. The van der Waals surface area contributed by atoms with Crippen molar-refractivity contribution in [3.8, 4) is 0 Å². The van der Waals surface area contributed by atoms with Crippen LogP contribution >= 0.6 is 35.0 Å². The predicted molar refractivity (Wildman–Crippen MR) is 96.7 cm³/mol. The minimum absolute atomic E-state index is 0.0925. The third-order valence-electron chi connectivity index (χ3n) is 4.18. The highest BCUT2D eigenvalue weighted by Gasteiger charge is 2.48. The molecule has 0 radical (unpaired) electrons. The van der Waals surface area contributed by atoms with Gasteiger partial charge < -0.3 is 10.2 Å². The molecule has 0 aromatic heterocycles. The lowest BCUT2D eigenvalue weighted by atomic mass is 10.1. The van der Waals surface area contributed by atoms with Gasteiger partial charge in [-0.05, 0) is 29.8 Å². The van der Waals surface area contributed by atoms with Crippen molar-refractivity contribution in [3.63, 3.8) is 0 Å². The highest BCUT2D eigenvalue weighted by atomic mass is 35.5. The van der Waals surface area contributed by atoms with E-state index in [2.05, 4.69) is 5.32 Å². The number of carbonyl (C=O) groups excluding carboxylic acids is 2. The summed E-state index contributed by atoms with van der Waals surface area (Å²) >= 11 is 13.6. The Balaban J connectivity index is 1.58. The summed E-state index contributed by atoms with van der Waals surface area (Å²) in [5, 5.41) is 3.58. The van der Waals surface area contributed by atoms with Gasteiger partial charge in [0.1, 0.15) is 11.4 Å². The summed E-state index contributed by atoms with van der Waals surface area (Å²) in [7, 11) is 0. The molecule has 2 atom stereocenters. The number of rotatable bonds is 2. The van der Waals surface area contributed by atoms with E-state index in [1.807, 2.05) is 24.3 Å². The first-order valence-electron chi connectivity index (χ1n) is 7.35.